The van der Waals surface area contributed by atoms with Crippen molar-refractivity contribution in [3.8, 4) is 5.69 Å². The number of likely N-dealkylation sites (N-methyl/N-ethyl adjacent to an activating group) is 1. The van der Waals surface area contributed by atoms with Gasteiger partial charge in [0.15, 0.2) is 5.16 Å². The van der Waals surface area contributed by atoms with Gasteiger partial charge in [0, 0.05) is 13.1 Å². The van der Waals surface area contributed by atoms with Crippen LogP contribution in [0.25, 0.3) is 16.6 Å². The number of nitrogens with zero attached hydrogens (tertiary/aromatic N) is 3. The molecule has 4 aromatic rings. The number of fused-ring (bicyclic) bond motifs is 1. The highest BCUT2D eigenvalue weighted by Crippen LogP contribution is 2.36. The van der Waals surface area contributed by atoms with E-state index in [0.717, 1.165) is 11.3 Å². The molecule has 162 valence electrons. The summed E-state index contributed by atoms with van der Waals surface area (Å²) in [5, 5.41) is 0.528. The normalized spacial score (nSPS) is 11.9. The lowest BCUT2D eigenvalue weighted by molar-refractivity contribution is -0.130. The first-order valence-electron chi connectivity index (χ1n) is 10.7. The Morgan fingerprint density at radius 2 is 1.50 bits per heavy atom. The van der Waals surface area contributed by atoms with E-state index in [1.54, 1.807) is 10.6 Å². The minimum Gasteiger partial charge on any atom is -0.342 e. The van der Waals surface area contributed by atoms with Crippen LogP contribution in [0.3, 0.4) is 0 Å². The van der Waals surface area contributed by atoms with E-state index in [-0.39, 0.29) is 11.5 Å². The highest BCUT2D eigenvalue weighted by molar-refractivity contribution is 8.00. The fourth-order valence-electron chi connectivity index (χ4n) is 3.69. The first kappa shape index (κ1) is 21.8. The average Bonchev–Trinajstić information content (AvgIpc) is 2.84. The van der Waals surface area contributed by atoms with Crippen LogP contribution in [0.15, 0.2) is 94.9 Å². The third-order valence-electron chi connectivity index (χ3n) is 5.38. The molecule has 0 spiro atoms. The summed E-state index contributed by atoms with van der Waals surface area (Å²) in [5.41, 5.74) is 2.08. The Morgan fingerprint density at radius 1 is 0.906 bits per heavy atom. The molecule has 0 bridgehead atoms. The van der Waals surface area contributed by atoms with Gasteiger partial charge in [0.25, 0.3) is 5.56 Å². The van der Waals surface area contributed by atoms with Gasteiger partial charge < -0.3 is 4.90 Å². The molecule has 0 radical (unpaired) electrons. The van der Waals surface area contributed by atoms with Crippen molar-refractivity contribution in [2.45, 2.75) is 24.3 Å². The fraction of sp³-hybridized carbons (Fsp3) is 0.192. The van der Waals surface area contributed by atoms with E-state index in [4.69, 9.17) is 4.98 Å². The third-order valence-corrected chi connectivity index (χ3v) is 6.58. The molecule has 5 nitrogen and oxygen atoms in total. The van der Waals surface area contributed by atoms with E-state index >= 15 is 0 Å². The summed E-state index contributed by atoms with van der Waals surface area (Å²) in [6, 6.07) is 26.5. The second-order valence-corrected chi connectivity index (χ2v) is 8.38. The molecule has 1 atom stereocenters. The van der Waals surface area contributed by atoms with Crippen LogP contribution >= 0.6 is 11.8 Å². The maximum Gasteiger partial charge on any atom is 0.266 e. The molecule has 1 aromatic heterocycles. The van der Waals surface area contributed by atoms with Crippen LogP contribution in [0, 0.1) is 0 Å². The quantitative estimate of drug-likeness (QED) is 0.295. The number of hydrogen-bond donors (Lipinski definition) is 0. The molecular weight excluding hydrogens is 418 g/mol. The summed E-state index contributed by atoms with van der Waals surface area (Å²) in [6.45, 7) is 5.19. The number of benzene rings is 3. The van der Waals surface area contributed by atoms with Gasteiger partial charge in [-0.05, 0) is 43.7 Å². The number of amides is 1. The van der Waals surface area contributed by atoms with Crippen molar-refractivity contribution in [2.24, 2.45) is 0 Å². The van der Waals surface area contributed by atoms with E-state index < -0.39 is 5.25 Å². The van der Waals surface area contributed by atoms with Crippen LogP contribution in [-0.2, 0) is 4.79 Å². The predicted octanol–water partition coefficient (Wildman–Crippen LogP) is 5.09. The molecular formula is C26H25N3O2S. The van der Waals surface area contributed by atoms with Gasteiger partial charge in [-0.15, -0.1) is 0 Å². The molecule has 0 N–H and O–H groups in total. The molecule has 4 rings (SSSR count). The molecule has 0 aliphatic heterocycles. The van der Waals surface area contributed by atoms with Gasteiger partial charge in [-0.1, -0.05) is 72.4 Å². The Morgan fingerprint density at radius 3 is 2.16 bits per heavy atom. The van der Waals surface area contributed by atoms with Crippen molar-refractivity contribution >= 4 is 28.6 Å². The van der Waals surface area contributed by atoms with Gasteiger partial charge >= 0.3 is 0 Å². The largest absolute Gasteiger partial charge is 0.342 e. The molecule has 32 heavy (non-hydrogen) atoms. The van der Waals surface area contributed by atoms with Crippen molar-refractivity contribution in [1.82, 2.24) is 14.5 Å². The summed E-state index contributed by atoms with van der Waals surface area (Å²) in [6.07, 6.45) is 0. The zero-order valence-corrected chi connectivity index (χ0v) is 19.0. The number of carbonyl (C=O) groups excluding carboxylic acids is 1. The standard InChI is InChI=1S/C26H25N3O2S/c1-3-28(4-2)25(31)23(19-13-7-5-8-14-19)32-26-27-22-18-12-11-17-21(22)24(30)29(26)20-15-9-6-10-16-20/h5-18,23H,3-4H2,1-2H3. The Balaban J connectivity index is 1.90. The number of thioether (sulfide) groups is 1. The minimum atomic E-state index is -0.515. The van der Waals surface area contributed by atoms with E-state index in [1.165, 1.54) is 11.8 Å². The van der Waals surface area contributed by atoms with Gasteiger partial charge in [0.05, 0.1) is 16.6 Å². The predicted molar refractivity (Wildman–Crippen MR) is 130 cm³/mol. The summed E-state index contributed by atoms with van der Waals surface area (Å²) in [5.74, 6) is 0.00761. The van der Waals surface area contributed by atoms with Gasteiger partial charge in [-0.3, -0.25) is 14.2 Å². The van der Waals surface area contributed by atoms with Crippen LogP contribution in [0.2, 0.25) is 0 Å². The SMILES string of the molecule is CCN(CC)C(=O)C(Sc1nc2ccccc2c(=O)n1-c1ccccc1)c1ccccc1. The van der Waals surface area contributed by atoms with E-state index in [9.17, 15) is 9.59 Å². The van der Waals surface area contributed by atoms with Crippen LogP contribution < -0.4 is 5.56 Å². The second kappa shape index (κ2) is 9.83. The number of rotatable bonds is 7. The van der Waals surface area contributed by atoms with E-state index in [2.05, 4.69) is 0 Å². The molecule has 3 aromatic carbocycles. The molecule has 0 saturated heterocycles. The molecule has 6 heteroatoms. The lowest BCUT2D eigenvalue weighted by Gasteiger charge is -2.25. The van der Waals surface area contributed by atoms with Crippen LogP contribution in [0.4, 0.5) is 0 Å². The Bertz CT molecular complexity index is 1270. The zero-order chi connectivity index (χ0) is 22.5. The first-order chi connectivity index (χ1) is 15.6. The number of carbonyl (C=O) groups is 1. The smallest absolute Gasteiger partial charge is 0.266 e. The monoisotopic (exact) mass is 443 g/mol. The second-order valence-electron chi connectivity index (χ2n) is 7.31. The molecule has 1 amide bonds. The lowest BCUT2D eigenvalue weighted by atomic mass is 10.1. The minimum absolute atomic E-state index is 0.00761. The van der Waals surface area contributed by atoms with Gasteiger partial charge in [-0.25, -0.2) is 4.98 Å². The van der Waals surface area contributed by atoms with Crippen molar-refractivity contribution in [2.75, 3.05) is 13.1 Å². The Labute approximate surface area is 191 Å². The summed E-state index contributed by atoms with van der Waals surface area (Å²) in [7, 11) is 0. The molecule has 0 fully saturated rings. The number of hydrogen-bond acceptors (Lipinski definition) is 4. The van der Waals surface area contributed by atoms with Crippen molar-refractivity contribution < 1.29 is 4.79 Å². The van der Waals surface area contributed by atoms with Gasteiger partial charge in [0.2, 0.25) is 5.91 Å². The topological polar surface area (TPSA) is 55.2 Å². The zero-order valence-electron chi connectivity index (χ0n) is 18.1. The summed E-state index contributed by atoms with van der Waals surface area (Å²) < 4.78 is 1.61. The van der Waals surface area contributed by atoms with Gasteiger partial charge in [-0.2, -0.15) is 0 Å². The third kappa shape index (κ3) is 4.32. The highest BCUT2D eigenvalue weighted by atomic mass is 32.2. The van der Waals surface area contributed by atoms with Crippen LogP contribution in [0.1, 0.15) is 24.7 Å². The van der Waals surface area contributed by atoms with E-state index in [1.807, 2.05) is 97.6 Å². The Hall–Kier alpha value is -3.38. The van der Waals surface area contributed by atoms with Crippen molar-refractivity contribution in [1.29, 1.82) is 0 Å². The summed E-state index contributed by atoms with van der Waals surface area (Å²) in [4.78, 5) is 33.6. The number of aromatic nitrogens is 2. The fourth-order valence-corrected chi connectivity index (χ4v) is 4.89. The van der Waals surface area contributed by atoms with Crippen molar-refractivity contribution in [3.63, 3.8) is 0 Å². The molecule has 1 heterocycles. The van der Waals surface area contributed by atoms with Gasteiger partial charge in [0.1, 0.15) is 5.25 Å². The maximum atomic E-state index is 13.5. The van der Waals surface area contributed by atoms with Crippen molar-refractivity contribution in [3.05, 3.63) is 101 Å². The van der Waals surface area contributed by atoms with Crippen LogP contribution in [-0.4, -0.2) is 33.4 Å². The lowest BCUT2D eigenvalue weighted by Crippen LogP contribution is -2.34. The molecule has 0 aliphatic carbocycles. The molecule has 0 saturated carbocycles. The summed E-state index contributed by atoms with van der Waals surface area (Å²) >= 11 is 1.32. The van der Waals surface area contributed by atoms with Crippen LogP contribution in [0.5, 0.6) is 0 Å². The highest BCUT2D eigenvalue weighted by Gasteiger charge is 2.28. The average molecular weight is 444 g/mol. The Kier molecular flexibility index (Phi) is 6.71. The molecule has 1 unspecified atom stereocenters. The maximum absolute atomic E-state index is 13.5. The number of para-hydroxylation sites is 2. The molecule has 0 aliphatic rings. The first-order valence-corrected chi connectivity index (χ1v) is 11.6. The van der Waals surface area contributed by atoms with E-state index in [0.29, 0.717) is 29.1 Å².